The van der Waals surface area contributed by atoms with Gasteiger partial charge in [0, 0.05) is 27.5 Å². The summed E-state index contributed by atoms with van der Waals surface area (Å²) >= 11 is 0. The topological polar surface area (TPSA) is 139 Å². The van der Waals surface area contributed by atoms with Gasteiger partial charge < -0.3 is 18.9 Å². The molecule has 3 unspecified atom stereocenters. The number of hydrogen-bond donors (Lipinski definition) is 0. The van der Waals surface area contributed by atoms with E-state index in [1.54, 1.807) is 12.2 Å². The monoisotopic (exact) mass is 708 g/mol. The van der Waals surface area contributed by atoms with Crippen molar-refractivity contribution in [1.29, 1.82) is 0 Å². The fourth-order valence-electron chi connectivity index (χ4n) is 6.40. The van der Waals surface area contributed by atoms with Crippen LogP contribution in [-0.4, -0.2) is 67.3 Å². The summed E-state index contributed by atoms with van der Waals surface area (Å²) in [4.78, 5) is 73.8. The molecule has 10 nitrogen and oxygen atoms in total. The summed E-state index contributed by atoms with van der Waals surface area (Å²) in [5.41, 5.74) is -0.167. The van der Waals surface area contributed by atoms with Crippen LogP contribution in [0.3, 0.4) is 0 Å². The van der Waals surface area contributed by atoms with E-state index in [0.717, 1.165) is 6.42 Å². The Morgan fingerprint density at radius 3 is 2.31 bits per heavy atom. The highest BCUT2D eigenvalue weighted by Crippen LogP contribution is 2.38. The molecule has 272 valence electrons. The van der Waals surface area contributed by atoms with Crippen LogP contribution in [0.5, 0.6) is 0 Å². The fourth-order valence-corrected chi connectivity index (χ4v) is 6.40. The van der Waals surface area contributed by atoms with E-state index >= 15 is 0 Å². The number of benzene rings is 2. The summed E-state index contributed by atoms with van der Waals surface area (Å²) < 4.78 is 23.3. The zero-order chi connectivity index (χ0) is 37.8. The van der Waals surface area contributed by atoms with Gasteiger partial charge in [-0.3, -0.25) is 14.4 Å². The summed E-state index contributed by atoms with van der Waals surface area (Å²) in [5.74, 6) is -2.98. The van der Waals surface area contributed by atoms with E-state index in [0.29, 0.717) is 26.1 Å². The fraction of sp³-hybridized carbons (Fsp3) is 0.381. The van der Waals surface area contributed by atoms with Crippen LogP contribution >= 0.6 is 0 Å². The van der Waals surface area contributed by atoms with Crippen molar-refractivity contribution in [3.8, 4) is 0 Å². The molecule has 2 heterocycles. The van der Waals surface area contributed by atoms with Gasteiger partial charge in [-0.15, -0.1) is 6.58 Å². The summed E-state index contributed by atoms with van der Waals surface area (Å²) in [6.45, 7) is 15.0. The molecular weight excluding hydrogens is 664 g/mol. The van der Waals surface area contributed by atoms with Crippen LogP contribution in [0.15, 0.2) is 85.5 Å². The molecule has 2 aliphatic heterocycles. The van der Waals surface area contributed by atoms with E-state index < -0.39 is 28.7 Å². The normalized spacial score (nSPS) is 20.7. The van der Waals surface area contributed by atoms with Gasteiger partial charge in [0.15, 0.2) is 17.3 Å². The summed E-state index contributed by atoms with van der Waals surface area (Å²) in [5, 5.41) is 0. The number of esters is 3. The number of hydrogen-bond acceptors (Lipinski definition) is 10. The second-order valence-corrected chi connectivity index (χ2v) is 15.0. The average Bonchev–Trinajstić information content (AvgIpc) is 3.26. The first kappa shape index (κ1) is 38.2. The molecular formula is C42H44O10. The number of carbonyl (C=O) groups is 6. The average molecular weight is 709 g/mol. The molecule has 2 aromatic rings. The molecule has 10 heteroatoms. The number of allylic oxidation sites excluding steroid dienone is 5. The first-order valence-corrected chi connectivity index (χ1v) is 17.3. The molecule has 0 radical (unpaired) electrons. The molecule has 0 bridgehead atoms. The van der Waals surface area contributed by atoms with Gasteiger partial charge in [0.05, 0.1) is 48.7 Å². The zero-order valence-corrected chi connectivity index (χ0v) is 30.2. The first-order valence-electron chi connectivity index (χ1n) is 17.3. The summed E-state index contributed by atoms with van der Waals surface area (Å²) in [6, 6.07) is 8.67. The van der Waals surface area contributed by atoms with Gasteiger partial charge in [-0.25, -0.2) is 14.4 Å². The Bertz CT molecular complexity index is 1910. The Morgan fingerprint density at radius 2 is 1.60 bits per heavy atom. The molecule has 2 aromatic carbocycles. The first-order chi connectivity index (χ1) is 24.6. The van der Waals surface area contributed by atoms with Gasteiger partial charge in [0.1, 0.15) is 0 Å². The molecule has 5 rings (SSSR count). The van der Waals surface area contributed by atoms with Crippen molar-refractivity contribution in [1.82, 2.24) is 0 Å². The van der Waals surface area contributed by atoms with Crippen molar-refractivity contribution in [3.63, 3.8) is 0 Å². The van der Waals surface area contributed by atoms with E-state index in [-0.39, 0.29) is 75.0 Å². The Hall–Kier alpha value is -5.06. The van der Waals surface area contributed by atoms with E-state index in [4.69, 9.17) is 14.2 Å². The second-order valence-electron chi connectivity index (χ2n) is 15.0. The molecule has 0 spiro atoms. The van der Waals surface area contributed by atoms with E-state index in [9.17, 15) is 28.8 Å². The zero-order valence-electron chi connectivity index (χ0n) is 30.2. The van der Waals surface area contributed by atoms with Gasteiger partial charge >= 0.3 is 17.9 Å². The molecule has 0 fully saturated rings. The minimum Gasteiger partial charge on any atom is -0.461 e. The van der Waals surface area contributed by atoms with Crippen LogP contribution in [0.2, 0.25) is 0 Å². The van der Waals surface area contributed by atoms with Gasteiger partial charge in [0.2, 0.25) is 0 Å². The Kier molecular flexibility index (Phi) is 11.2. The van der Waals surface area contributed by atoms with Gasteiger partial charge in [-0.1, -0.05) is 65.0 Å². The van der Waals surface area contributed by atoms with Crippen LogP contribution in [0.1, 0.15) is 116 Å². The number of ether oxygens (including phenoxy) is 4. The third-order valence-electron chi connectivity index (χ3n) is 10.1. The SMILES string of the molecule is C=CC(OCC1(CC)CC=CC(C(C)(C)COC(=O)c2ccc3c(c2)C(=O)C=CC3=O)OC1)C(C)(C)C/C=C\C(=O)c1ccc2c(c1)C(=O)OC2=O. The molecule has 1 aliphatic carbocycles. The van der Waals surface area contributed by atoms with Crippen LogP contribution in [0.25, 0.3) is 0 Å². The smallest absolute Gasteiger partial charge is 0.346 e. The lowest BCUT2D eigenvalue weighted by molar-refractivity contribution is -0.0943. The molecule has 0 saturated carbocycles. The van der Waals surface area contributed by atoms with Crippen molar-refractivity contribution >= 4 is 35.3 Å². The molecule has 0 amide bonds. The third-order valence-corrected chi connectivity index (χ3v) is 10.1. The van der Waals surface area contributed by atoms with E-state index in [1.807, 2.05) is 33.8 Å². The number of carbonyl (C=O) groups excluding carboxylic acids is 6. The minimum atomic E-state index is -0.758. The molecule has 3 atom stereocenters. The van der Waals surface area contributed by atoms with E-state index in [2.05, 4.69) is 24.3 Å². The molecule has 0 aromatic heterocycles. The number of ketones is 3. The Balaban J connectivity index is 1.14. The van der Waals surface area contributed by atoms with Crippen molar-refractivity contribution in [2.75, 3.05) is 19.8 Å². The van der Waals surface area contributed by atoms with Crippen LogP contribution < -0.4 is 0 Å². The maximum Gasteiger partial charge on any atom is 0.346 e. The maximum atomic E-state index is 13.0. The quantitative estimate of drug-likeness (QED) is 0.0647. The predicted octanol–water partition coefficient (Wildman–Crippen LogP) is 7.28. The Labute approximate surface area is 303 Å². The number of rotatable bonds is 14. The molecule has 3 aliphatic rings. The van der Waals surface area contributed by atoms with Crippen molar-refractivity contribution in [3.05, 3.63) is 119 Å². The largest absolute Gasteiger partial charge is 0.461 e. The summed E-state index contributed by atoms with van der Waals surface area (Å²) in [7, 11) is 0. The third kappa shape index (κ3) is 8.19. The second kappa shape index (κ2) is 15.3. The van der Waals surface area contributed by atoms with Crippen molar-refractivity contribution in [2.45, 2.75) is 66.1 Å². The van der Waals surface area contributed by atoms with Crippen molar-refractivity contribution < 1.29 is 47.7 Å². The molecule has 0 saturated heterocycles. The highest BCUT2D eigenvalue weighted by Gasteiger charge is 2.38. The summed E-state index contributed by atoms with van der Waals surface area (Å²) in [6.07, 6.45) is 12.8. The van der Waals surface area contributed by atoms with Crippen LogP contribution in [0, 0.1) is 16.2 Å². The maximum absolute atomic E-state index is 13.0. The number of fused-ring (bicyclic) bond motifs is 2. The predicted molar refractivity (Wildman–Crippen MR) is 193 cm³/mol. The minimum absolute atomic E-state index is 0.0573. The molecule has 52 heavy (non-hydrogen) atoms. The molecule has 0 N–H and O–H groups in total. The lowest BCUT2D eigenvalue weighted by Crippen LogP contribution is -2.40. The van der Waals surface area contributed by atoms with Crippen LogP contribution in [-0.2, 0) is 18.9 Å². The Morgan fingerprint density at radius 1 is 0.942 bits per heavy atom. The standard InChI is InChI=1S/C42H44O10/c1-7-35(40(3,4)19-9-11-32(43)26-13-16-29-31(21-26)39(48)52-38(29)47)49-24-42(8-2)20-10-12-36(50-25-42)41(5,6)23-51-37(46)27-14-15-28-30(22-27)34(45)18-17-33(28)44/h7,9-18,21-22,35-36H,1,8,19-20,23-25H2,2-6H3/b11-9-. The lowest BCUT2D eigenvalue weighted by Gasteiger charge is -2.38. The van der Waals surface area contributed by atoms with Crippen LogP contribution in [0.4, 0.5) is 0 Å². The highest BCUT2D eigenvalue weighted by atomic mass is 16.6. The van der Waals surface area contributed by atoms with Gasteiger partial charge in [0.25, 0.3) is 0 Å². The van der Waals surface area contributed by atoms with E-state index in [1.165, 1.54) is 54.6 Å². The number of cyclic esters (lactones) is 2. The van der Waals surface area contributed by atoms with Gasteiger partial charge in [-0.2, -0.15) is 0 Å². The lowest BCUT2D eigenvalue weighted by atomic mass is 9.81. The van der Waals surface area contributed by atoms with Crippen molar-refractivity contribution in [2.24, 2.45) is 16.2 Å². The highest BCUT2D eigenvalue weighted by molar-refractivity contribution is 6.22. The van der Waals surface area contributed by atoms with Gasteiger partial charge in [-0.05, 0) is 73.2 Å².